The molecule has 1 aliphatic rings. The first-order valence-corrected chi connectivity index (χ1v) is 8.77. The number of aliphatic hydroxyl groups is 1. The Hall–Kier alpha value is -1.73. The standard InChI is InChI=1S/C16H22N4O2S/c1-10-14(23-16(19-10)12-8-18-20(2)9-12)15(22)17-7-11-4-3-5-13(21)6-11/h8-9,11,13,21H,3-7H2,1-2H3,(H,17,22). The Labute approximate surface area is 139 Å². The van der Waals surface area contributed by atoms with Crippen molar-refractivity contribution in [2.24, 2.45) is 13.0 Å². The maximum Gasteiger partial charge on any atom is 0.263 e. The van der Waals surface area contributed by atoms with Gasteiger partial charge in [-0.1, -0.05) is 6.42 Å². The number of hydrogen-bond donors (Lipinski definition) is 2. The third-order valence-corrected chi connectivity index (χ3v) is 5.47. The Morgan fingerprint density at radius 3 is 3.04 bits per heavy atom. The summed E-state index contributed by atoms with van der Waals surface area (Å²) in [6.45, 7) is 2.48. The number of nitrogens with zero attached hydrogens (tertiary/aromatic N) is 3. The minimum absolute atomic E-state index is 0.0739. The first-order chi connectivity index (χ1) is 11.0. The van der Waals surface area contributed by atoms with Crippen molar-refractivity contribution in [3.8, 4) is 10.6 Å². The van der Waals surface area contributed by atoms with Crippen molar-refractivity contribution in [3.63, 3.8) is 0 Å². The summed E-state index contributed by atoms with van der Waals surface area (Å²) < 4.78 is 1.72. The lowest BCUT2D eigenvalue weighted by atomic mass is 9.87. The Bertz CT molecular complexity index is 694. The van der Waals surface area contributed by atoms with Crippen molar-refractivity contribution < 1.29 is 9.90 Å². The van der Waals surface area contributed by atoms with Crippen molar-refractivity contribution in [3.05, 3.63) is 23.0 Å². The second-order valence-corrected chi connectivity index (χ2v) is 7.23. The summed E-state index contributed by atoms with van der Waals surface area (Å²) in [7, 11) is 1.86. The average Bonchev–Trinajstić information content (AvgIpc) is 3.11. The Morgan fingerprint density at radius 1 is 1.52 bits per heavy atom. The van der Waals surface area contributed by atoms with Crippen molar-refractivity contribution in [1.82, 2.24) is 20.1 Å². The van der Waals surface area contributed by atoms with E-state index in [1.807, 2.05) is 20.2 Å². The molecule has 1 fully saturated rings. The van der Waals surface area contributed by atoms with E-state index in [9.17, 15) is 9.90 Å². The molecule has 2 aromatic heterocycles. The second kappa shape index (κ2) is 6.80. The van der Waals surface area contributed by atoms with Crippen LogP contribution in [0, 0.1) is 12.8 Å². The maximum absolute atomic E-state index is 12.4. The number of rotatable bonds is 4. The fourth-order valence-corrected chi connectivity index (χ4v) is 3.98. The lowest BCUT2D eigenvalue weighted by Crippen LogP contribution is -2.32. The van der Waals surface area contributed by atoms with Crippen LogP contribution in [0.15, 0.2) is 12.4 Å². The van der Waals surface area contributed by atoms with Gasteiger partial charge in [-0.3, -0.25) is 9.48 Å². The summed E-state index contributed by atoms with van der Waals surface area (Å²) in [6, 6.07) is 0. The van der Waals surface area contributed by atoms with Crippen LogP contribution in [0.2, 0.25) is 0 Å². The Balaban J connectivity index is 1.64. The van der Waals surface area contributed by atoms with E-state index in [0.29, 0.717) is 17.3 Å². The first kappa shape index (κ1) is 16.1. The molecule has 0 radical (unpaired) electrons. The average molecular weight is 334 g/mol. The first-order valence-electron chi connectivity index (χ1n) is 7.95. The molecule has 2 heterocycles. The highest BCUT2D eigenvalue weighted by Gasteiger charge is 2.22. The largest absolute Gasteiger partial charge is 0.393 e. The molecule has 1 saturated carbocycles. The second-order valence-electron chi connectivity index (χ2n) is 6.23. The van der Waals surface area contributed by atoms with Gasteiger partial charge in [-0.2, -0.15) is 5.10 Å². The van der Waals surface area contributed by atoms with Crippen LogP contribution in [-0.4, -0.2) is 38.4 Å². The lowest BCUT2D eigenvalue weighted by Gasteiger charge is -2.25. The van der Waals surface area contributed by atoms with E-state index in [1.54, 1.807) is 10.9 Å². The van der Waals surface area contributed by atoms with E-state index in [1.165, 1.54) is 11.3 Å². The molecule has 0 spiro atoms. The number of aromatic nitrogens is 3. The molecular formula is C16H22N4O2S. The number of carbonyl (C=O) groups is 1. The van der Waals surface area contributed by atoms with Gasteiger partial charge in [-0.25, -0.2) is 4.98 Å². The number of aryl methyl sites for hydroxylation is 2. The predicted molar refractivity (Wildman–Crippen MR) is 89.4 cm³/mol. The van der Waals surface area contributed by atoms with Gasteiger partial charge in [0.15, 0.2) is 0 Å². The molecule has 7 heteroatoms. The molecular weight excluding hydrogens is 312 g/mol. The van der Waals surface area contributed by atoms with E-state index >= 15 is 0 Å². The highest BCUT2D eigenvalue weighted by Crippen LogP contribution is 2.28. The van der Waals surface area contributed by atoms with Crippen LogP contribution >= 0.6 is 11.3 Å². The van der Waals surface area contributed by atoms with E-state index in [2.05, 4.69) is 15.4 Å². The highest BCUT2D eigenvalue weighted by atomic mass is 32.1. The molecule has 0 aromatic carbocycles. The molecule has 2 aromatic rings. The number of amides is 1. The predicted octanol–water partition coefficient (Wildman–Crippen LogP) is 2.13. The van der Waals surface area contributed by atoms with E-state index < -0.39 is 0 Å². The monoisotopic (exact) mass is 334 g/mol. The van der Waals surface area contributed by atoms with Crippen LogP contribution in [0.4, 0.5) is 0 Å². The molecule has 0 saturated heterocycles. The number of nitrogens with one attached hydrogen (secondary N) is 1. The fraction of sp³-hybridized carbons (Fsp3) is 0.562. The Morgan fingerprint density at radius 2 is 2.35 bits per heavy atom. The third-order valence-electron chi connectivity index (χ3n) is 4.26. The molecule has 2 N–H and O–H groups in total. The minimum atomic E-state index is -0.215. The number of carbonyl (C=O) groups excluding carboxylic acids is 1. The van der Waals surface area contributed by atoms with Gasteiger partial charge < -0.3 is 10.4 Å². The topological polar surface area (TPSA) is 80.0 Å². The summed E-state index contributed by atoms with van der Waals surface area (Å²) in [5.74, 6) is 0.295. The van der Waals surface area contributed by atoms with Crippen molar-refractivity contribution in [2.75, 3.05) is 6.54 Å². The molecule has 3 rings (SSSR count). The van der Waals surface area contributed by atoms with E-state index in [4.69, 9.17) is 0 Å². The molecule has 124 valence electrons. The van der Waals surface area contributed by atoms with Crippen molar-refractivity contribution in [2.45, 2.75) is 38.7 Å². The van der Waals surface area contributed by atoms with Gasteiger partial charge in [0.1, 0.15) is 9.88 Å². The highest BCUT2D eigenvalue weighted by molar-refractivity contribution is 7.17. The lowest BCUT2D eigenvalue weighted by molar-refractivity contribution is 0.0876. The van der Waals surface area contributed by atoms with Gasteiger partial charge in [0.2, 0.25) is 0 Å². The van der Waals surface area contributed by atoms with Crippen LogP contribution in [-0.2, 0) is 7.05 Å². The molecule has 2 atom stereocenters. The molecule has 6 nitrogen and oxygen atoms in total. The summed E-state index contributed by atoms with van der Waals surface area (Å²) in [4.78, 5) is 17.6. The quantitative estimate of drug-likeness (QED) is 0.898. The van der Waals surface area contributed by atoms with Crippen LogP contribution in [0.3, 0.4) is 0 Å². The van der Waals surface area contributed by atoms with Crippen molar-refractivity contribution in [1.29, 1.82) is 0 Å². The summed E-state index contributed by atoms with van der Waals surface area (Å²) in [5, 5.41) is 17.7. The maximum atomic E-state index is 12.4. The number of thiazole rings is 1. The molecule has 1 amide bonds. The van der Waals surface area contributed by atoms with Gasteiger partial charge in [0, 0.05) is 25.4 Å². The number of aliphatic hydroxyl groups excluding tert-OH is 1. The molecule has 0 aliphatic heterocycles. The van der Waals surface area contributed by atoms with Gasteiger partial charge in [-0.05, 0) is 32.1 Å². The molecule has 2 unspecified atom stereocenters. The van der Waals surface area contributed by atoms with Crippen LogP contribution in [0.5, 0.6) is 0 Å². The van der Waals surface area contributed by atoms with Crippen molar-refractivity contribution >= 4 is 17.2 Å². The molecule has 23 heavy (non-hydrogen) atoms. The minimum Gasteiger partial charge on any atom is -0.393 e. The SMILES string of the molecule is Cc1nc(-c2cnn(C)c2)sc1C(=O)NCC1CCCC(O)C1. The van der Waals surface area contributed by atoms with Gasteiger partial charge in [-0.15, -0.1) is 11.3 Å². The van der Waals surface area contributed by atoms with Crippen LogP contribution in [0.1, 0.15) is 41.0 Å². The summed E-state index contributed by atoms with van der Waals surface area (Å²) in [5.41, 5.74) is 1.67. The zero-order valence-corrected chi connectivity index (χ0v) is 14.3. The summed E-state index contributed by atoms with van der Waals surface area (Å²) >= 11 is 1.40. The number of hydrogen-bond acceptors (Lipinski definition) is 5. The summed E-state index contributed by atoms with van der Waals surface area (Å²) in [6.07, 6.45) is 7.20. The van der Waals surface area contributed by atoms with E-state index in [-0.39, 0.29) is 12.0 Å². The Kier molecular flexibility index (Phi) is 4.77. The normalized spacial score (nSPS) is 21.3. The molecule has 0 bridgehead atoms. The zero-order chi connectivity index (χ0) is 16.4. The van der Waals surface area contributed by atoms with Crippen LogP contribution in [0.25, 0.3) is 10.6 Å². The van der Waals surface area contributed by atoms with Crippen LogP contribution < -0.4 is 5.32 Å². The van der Waals surface area contributed by atoms with E-state index in [0.717, 1.165) is 41.9 Å². The van der Waals surface area contributed by atoms with Gasteiger partial charge in [0.25, 0.3) is 5.91 Å². The fourth-order valence-electron chi connectivity index (χ4n) is 3.03. The molecule has 1 aliphatic carbocycles. The van der Waals surface area contributed by atoms with Gasteiger partial charge in [0.05, 0.1) is 18.0 Å². The smallest absolute Gasteiger partial charge is 0.263 e. The third kappa shape index (κ3) is 3.79. The zero-order valence-electron chi connectivity index (χ0n) is 13.5. The van der Waals surface area contributed by atoms with Gasteiger partial charge >= 0.3 is 0 Å².